The Morgan fingerprint density at radius 2 is 1.81 bits per heavy atom. The number of hydrogen-bond acceptors (Lipinski definition) is 3. The first-order valence-corrected chi connectivity index (χ1v) is 9.16. The van der Waals surface area contributed by atoms with Gasteiger partial charge in [0.25, 0.3) is 0 Å². The lowest BCUT2D eigenvalue weighted by molar-refractivity contribution is -0.141. The standard InChI is InChI=1S/C21H21N3O3/c25-20(23-13-12-15(14-23)21(26)27)11-10-19-22-17-8-4-5-9-18(17)24(19)16-6-2-1-3-7-16/h1-9,15H,10-14H2,(H,26,27). The first-order chi connectivity index (χ1) is 13.1. The van der Waals surface area contributed by atoms with E-state index in [-0.39, 0.29) is 5.91 Å². The predicted octanol–water partition coefficient (Wildman–Crippen LogP) is 2.89. The molecule has 4 rings (SSSR count). The van der Waals surface area contributed by atoms with Crippen LogP contribution in [0.4, 0.5) is 0 Å². The number of aliphatic carboxylic acids is 1. The minimum Gasteiger partial charge on any atom is -0.481 e. The van der Waals surface area contributed by atoms with Crippen LogP contribution in [0.15, 0.2) is 54.6 Å². The molecule has 6 heteroatoms. The number of aryl methyl sites for hydroxylation is 1. The van der Waals surface area contributed by atoms with Crippen molar-refractivity contribution in [1.82, 2.24) is 14.5 Å². The van der Waals surface area contributed by atoms with E-state index in [1.165, 1.54) is 0 Å². The third-order valence-corrected chi connectivity index (χ3v) is 5.10. The Labute approximate surface area is 157 Å². The number of carboxylic acid groups (broad SMARTS) is 1. The van der Waals surface area contributed by atoms with E-state index in [2.05, 4.69) is 4.57 Å². The minimum absolute atomic E-state index is 0.00887. The smallest absolute Gasteiger partial charge is 0.308 e. The zero-order valence-corrected chi connectivity index (χ0v) is 14.9. The highest BCUT2D eigenvalue weighted by Crippen LogP contribution is 2.23. The molecule has 3 aromatic rings. The molecular formula is C21H21N3O3. The molecule has 0 aliphatic carbocycles. The van der Waals surface area contributed by atoms with Crippen molar-refractivity contribution in [3.8, 4) is 5.69 Å². The molecule has 1 fully saturated rings. The van der Waals surface area contributed by atoms with Crippen LogP contribution in [-0.2, 0) is 16.0 Å². The quantitative estimate of drug-likeness (QED) is 0.756. The fourth-order valence-corrected chi connectivity index (χ4v) is 3.67. The Hall–Kier alpha value is -3.15. The highest BCUT2D eigenvalue weighted by Gasteiger charge is 2.30. The summed E-state index contributed by atoms with van der Waals surface area (Å²) in [6.45, 7) is 0.828. The molecule has 0 saturated carbocycles. The molecule has 1 aliphatic heterocycles. The predicted molar refractivity (Wildman–Crippen MR) is 102 cm³/mol. The van der Waals surface area contributed by atoms with Crippen molar-refractivity contribution >= 4 is 22.9 Å². The number of fused-ring (bicyclic) bond motifs is 1. The molecule has 0 radical (unpaired) electrons. The van der Waals surface area contributed by atoms with Crippen LogP contribution in [-0.4, -0.2) is 44.5 Å². The van der Waals surface area contributed by atoms with E-state index in [1.807, 2.05) is 54.6 Å². The van der Waals surface area contributed by atoms with Crippen molar-refractivity contribution < 1.29 is 14.7 Å². The van der Waals surface area contributed by atoms with E-state index < -0.39 is 11.9 Å². The number of amides is 1. The Kier molecular flexibility index (Phi) is 4.62. The molecule has 138 valence electrons. The van der Waals surface area contributed by atoms with E-state index in [4.69, 9.17) is 10.1 Å². The molecule has 2 heterocycles. The first kappa shape index (κ1) is 17.3. The average molecular weight is 363 g/mol. The zero-order valence-electron chi connectivity index (χ0n) is 14.9. The summed E-state index contributed by atoms with van der Waals surface area (Å²) in [7, 11) is 0. The van der Waals surface area contributed by atoms with Crippen molar-refractivity contribution in [3.63, 3.8) is 0 Å². The fourth-order valence-electron chi connectivity index (χ4n) is 3.67. The third-order valence-electron chi connectivity index (χ3n) is 5.10. The van der Waals surface area contributed by atoms with Crippen LogP contribution < -0.4 is 0 Å². The highest BCUT2D eigenvalue weighted by molar-refractivity contribution is 5.80. The number of likely N-dealkylation sites (tertiary alicyclic amines) is 1. The average Bonchev–Trinajstić information content (AvgIpc) is 3.32. The number of aromatic nitrogens is 2. The van der Waals surface area contributed by atoms with Crippen molar-refractivity contribution in [1.29, 1.82) is 0 Å². The fraction of sp³-hybridized carbons (Fsp3) is 0.286. The van der Waals surface area contributed by atoms with Gasteiger partial charge in [0, 0.05) is 31.6 Å². The Balaban J connectivity index is 1.56. The molecule has 27 heavy (non-hydrogen) atoms. The van der Waals surface area contributed by atoms with Crippen LogP contribution in [0.1, 0.15) is 18.7 Å². The van der Waals surface area contributed by atoms with E-state index in [9.17, 15) is 9.59 Å². The Morgan fingerprint density at radius 1 is 1.07 bits per heavy atom. The van der Waals surface area contributed by atoms with Gasteiger partial charge in [-0.05, 0) is 30.7 Å². The molecule has 1 atom stereocenters. The lowest BCUT2D eigenvalue weighted by atomic mass is 10.1. The van der Waals surface area contributed by atoms with Gasteiger partial charge in [0.05, 0.1) is 17.0 Å². The van der Waals surface area contributed by atoms with Crippen LogP contribution in [0.2, 0.25) is 0 Å². The van der Waals surface area contributed by atoms with Crippen LogP contribution in [0.25, 0.3) is 16.7 Å². The maximum atomic E-state index is 12.5. The van der Waals surface area contributed by atoms with Crippen molar-refractivity contribution in [2.24, 2.45) is 5.92 Å². The number of hydrogen-bond donors (Lipinski definition) is 1. The minimum atomic E-state index is -0.823. The van der Waals surface area contributed by atoms with E-state index in [0.29, 0.717) is 32.4 Å². The molecule has 6 nitrogen and oxygen atoms in total. The summed E-state index contributed by atoms with van der Waals surface area (Å²) in [6, 6.07) is 17.9. The molecule has 1 amide bonds. The normalized spacial score (nSPS) is 16.7. The summed E-state index contributed by atoms with van der Waals surface area (Å²) in [6.07, 6.45) is 1.36. The summed E-state index contributed by atoms with van der Waals surface area (Å²) in [5.74, 6) is -0.436. The molecule has 1 N–H and O–H groups in total. The summed E-state index contributed by atoms with van der Waals surface area (Å²) in [5.41, 5.74) is 2.93. The number of carbonyl (C=O) groups is 2. The first-order valence-electron chi connectivity index (χ1n) is 9.16. The van der Waals surface area contributed by atoms with Gasteiger partial charge in [0.2, 0.25) is 5.91 Å². The molecule has 1 aromatic heterocycles. The number of nitrogens with zero attached hydrogens (tertiary/aromatic N) is 3. The summed E-state index contributed by atoms with van der Waals surface area (Å²) >= 11 is 0. The van der Waals surface area contributed by atoms with Gasteiger partial charge in [-0.25, -0.2) is 4.98 Å². The van der Waals surface area contributed by atoms with Crippen molar-refractivity contribution in [2.75, 3.05) is 13.1 Å². The van der Waals surface area contributed by atoms with E-state index >= 15 is 0 Å². The lowest BCUT2D eigenvalue weighted by Gasteiger charge is -2.16. The molecule has 1 saturated heterocycles. The van der Waals surface area contributed by atoms with Gasteiger partial charge in [-0.15, -0.1) is 0 Å². The second-order valence-electron chi connectivity index (χ2n) is 6.85. The van der Waals surface area contributed by atoms with Crippen molar-refractivity contribution in [2.45, 2.75) is 19.3 Å². The van der Waals surface area contributed by atoms with Gasteiger partial charge in [-0.2, -0.15) is 0 Å². The third kappa shape index (κ3) is 3.43. The van der Waals surface area contributed by atoms with Crippen LogP contribution >= 0.6 is 0 Å². The molecule has 1 aliphatic rings. The summed E-state index contributed by atoms with van der Waals surface area (Å²) < 4.78 is 2.09. The van der Waals surface area contributed by atoms with E-state index in [0.717, 1.165) is 22.5 Å². The van der Waals surface area contributed by atoms with Crippen LogP contribution in [0.5, 0.6) is 0 Å². The second kappa shape index (κ2) is 7.23. The molecular weight excluding hydrogens is 342 g/mol. The number of carbonyl (C=O) groups excluding carboxylic acids is 1. The van der Waals surface area contributed by atoms with Crippen LogP contribution in [0.3, 0.4) is 0 Å². The number of benzene rings is 2. The van der Waals surface area contributed by atoms with Gasteiger partial charge >= 0.3 is 5.97 Å². The number of para-hydroxylation sites is 3. The maximum absolute atomic E-state index is 12.5. The number of imidazole rings is 1. The second-order valence-corrected chi connectivity index (χ2v) is 6.85. The van der Waals surface area contributed by atoms with Gasteiger partial charge in [-0.1, -0.05) is 30.3 Å². The van der Waals surface area contributed by atoms with E-state index in [1.54, 1.807) is 4.90 Å². The lowest BCUT2D eigenvalue weighted by Crippen LogP contribution is -2.30. The summed E-state index contributed by atoms with van der Waals surface area (Å²) in [5, 5.41) is 9.11. The Morgan fingerprint density at radius 3 is 2.56 bits per heavy atom. The highest BCUT2D eigenvalue weighted by atomic mass is 16.4. The largest absolute Gasteiger partial charge is 0.481 e. The van der Waals surface area contributed by atoms with Gasteiger partial charge in [-0.3, -0.25) is 14.2 Å². The number of carboxylic acids is 1. The van der Waals surface area contributed by atoms with Gasteiger partial charge < -0.3 is 10.0 Å². The Bertz CT molecular complexity index is 981. The number of rotatable bonds is 5. The summed E-state index contributed by atoms with van der Waals surface area (Å²) in [4.78, 5) is 30.0. The monoisotopic (exact) mass is 363 g/mol. The molecule has 0 bridgehead atoms. The maximum Gasteiger partial charge on any atom is 0.308 e. The topological polar surface area (TPSA) is 75.4 Å². The zero-order chi connectivity index (χ0) is 18.8. The van der Waals surface area contributed by atoms with Crippen LogP contribution in [0, 0.1) is 5.92 Å². The van der Waals surface area contributed by atoms with Gasteiger partial charge in [0.1, 0.15) is 5.82 Å². The van der Waals surface area contributed by atoms with Gasteiger partial charge in [0.15, 0.2) is 0 Å². The molecule has 1 unspecified atom stereocenters. The molecule has 0 spiro atoms. The van der Waals surface area contributed by atoms with Crippen molar-refractivity contribution in [3.05, 3.63) is 60.4 Å². The molecule has 2 aromatic carbocycles. The SMILES string of the molecule is O=C(O)C1CCN(C(=O)CCc2nc3ccccc3n2-c2ccccc2)C1.